The zero-order valence-electron chi connectivity index (χ0n) is 13.6. The third-order valence-electron chi connectivity index (χ3n) is 4.44. The fourth-order valence-corrected chi connectivity index (χ4v) is 3.10. The van der Waals surface area contributed by atoms with Gasteiger partial charge in [-0.25, -0.2) is 0 Å². The van der Waals surface area contributed by atoms with E-state index in [4.69, 9.17) is 4.74 Å². The number of carbonyl (C=O) groups excluding carboxylic acids is 3. The van der Waals surface area contributed by atoms with E-state index in [0.717, 1.165) is 24.1 Å². The SMILES string of the molecule is CC(=O)N1CCCc2cc(C(=O)NNC(=O)C3CCOC3)ccc21. The van der Waals surface area contributed by atoms with Crippen molar-refractivity contribution in [3.8, 4) is 0 Å². The molecule has 2 heterocycles. The quantitative estimate of drug-likeness (QED) is 0.784. The Balaban J connectivity index is 1.65. The van der Waals surface area contributed by atoms with Gasteiger partial charge in [0.25, 0.3) is 5.91 Å². The predicted molar refractivity (Wildman–Crippen MR) is 87.3 cm³/mol. The summed E-state index contributed by atoms with van der Waals surface area (Å²) in [6.45, 7) is 3.20. The molecule has 24 heavy (non-hydrogen) atoms. The van der Waals surface area contributed by atoms with Crippen LogP contribution in [0.25, 0.3) is 0 Å². The standard InChI is InChI=1S/C17H21N3O4/c1-11(21)20-7-2-3-12-9-13(4-5-15(12)20)16(22)18-19-17(23)14-6-8-24-10-14/h4-5,9,14H,2-3,6-8,10H2,1H3,(H,18,22)(H,19,23). The molecule has 1 aromatic carbocycles. The van der Waals surface area contributed by atoms with Crippen molar-refractivity contribution in [2.75, 3.05) is 24.7 Å². The Bertz CT molecular complexity index is 668. The van der Waals surface area contributed by atoms with Crippen molar-refractivity contribution in [1.82, 2.24) is 10.9 Å². The summed E-state index contributed by atoms with van der Waals surface area (Å²) in [5.41, 5.74) is 7.18. The molecule has 0 bridgehead atoms. The predicted octanol–water partition coefficient (Wildman–Crippen LogP) is 0.783. The number of ether oxygens (including phenoxy) is 1. The van der Waals surface area contributed by atoms with Crippen molar-refractivity contribution in [3.63, 3.8) is 0 Å². The van der Waals surface area contributed by atoms with Crippen molar-refractivity contribution < 1.29 is 19.1 Å². The highest BCUT2D eigenvalue weighted by Gasteiger charge is 2.24. The molecule has 7 nitrogen and oxygen atoms in total. The zero-order valence-corrected chi connectivity index (χ0v) is 13.6. The lowest BCUT2D eigenvalue weighted by atomic mass is 9.99. The summed E-state index contributed by atoms with van der Waals surface area (Å²) in [6, 6.07) is 5.24. The van der Waals surface area contributed by atoms with Crippen molar-refractivity contribution in [1.29, 1.82) is 0 Å². The number of nitrogens with zero attached hydrogens (tertiary/aromatic N) is 1. The normalized spacial score (nSPS) is 19.5. The van der Waals surface area contributed by atoms with Crippen molar-refractivity contribution in [2.45, 2.75) is 26.2 Å². The first kappa shape index (κ1) is 16.4. The molecule has 0 aliphatic carbocycles. The Morgan fingerprint density at radius 3 is 2.79 bits per heavy atom. The van der Waals surface area contributed by atoms with Crippen LogP contribution in [0, 0.1) is 5.92 Å². The summed E-state index contributed by atoms with van der Waals surface area (Å²) in [5, 5.41) is 0. The van der Waals surface area contributed by atoms with Crippen LogP contribution in [0.4, 0.5) is 5.69 Å². The minimum atomic E-state index is -0.370. The molecule has 1 saturated heterocycles. The number of anilines is 1. The van der Waals surface area contributed by atoms with E-state index in [1.54, 1.807) is 23.1 Å². The van der Waals surface area contributed by atoms with Crippen LogP contribution in [0.15, 0.2) is 18.2 Å². The van der Waals surface area contributed by atoms with E-state index in [-0.39, 0.29) is 23.6 Å². The van der Waals surface area contributed by atoms with Gasteiger partial charge in [0.2, 0.25) is 11.8 Å². The molecule has 0 spiro atoms. The highest BCUT2D eigenvalue weighted by Crippen LogP contribution is 2.28. The molecule has 128 valence electrons. The molecule has 1 atom stereocenters. The van der Waals surface area contributed by atoms with Crippen molar-refractivity contribution in [2.24, 2.45) is 5.92 Å². The van der Waals surface area contributed by atoms with Crippen molar-refractivity contribution in [3.05, 3.63) is 29.3 Å². The molecular weight excluding hydrogens is 310 g/mol. The molecule has 1 unspecified atom stereocenters. The maximum Gasteiger partial charge on any atom is 0.269 e. The van der Waals surface area contributed by atoms with Crippen LogP contribution in [0.1, 0.15) is 35.7 Å². The average Bonchev–Trinajstić information content (AvgIpc) is 3.12. The van der Waals surface area contributed by atoms with Gasteiger partial charge in [-0.2, -0.15) is 0 Å². The molecule has 7 heteroatoms. The summed E-state index contributed by atoms with van der Waals surface area (Å²) in [5.74, 6) is -0.816. The first-order valence-electron chi connectivity index (χ1n) is 8.15. The summed E-state index contributed by atoms with van der Waals surface area (Å²) < 4.78 is 5.16. The summed E-state index contributed by atoms with van der Waals surface area (Å²) in [4.78, 5) is 37.5. The Kier molecular flexibility index (Phi) is 4.80. The van der Waals surface area contributed by atoms with Crippen LogP contribution in [0.5, 0.6) is 0 Å². The lowest BCUT2D eigenvalue weighted by Gasteiger charge is -2.28. The molecule has 1 fully saturated rings. The number of fused-ring (bicyclic) bond motifs is 1. The van der Waals surface area contributed by atoms with Gasteiger partial charge >= 0.3 is 0 Å². The summed E-state index contributed by atoms with van der Waals surface area (Å²) >= 11 is 0. The Morgan fingerprint density at radius 1 is 1.25 bits per heavy atom. The average molecular weight is 331 g/mol. The number of aryl methyl sites for hydroxylation is 1. The van der Waals surface area contributed by atoms with Crippen LogP contribution in [-0.2, 0) is 20.7 Å². The largest absolute Gasteiger partial charge is 0.381 e. The second kappa shape index (κ2) is 7.00. The number of hydrogen-bond acceptors (Lipinski definition) is 4. The fraction of sp³-hybridized carbons (Fsp3) is 0.471. The van der Waals surface area contributed by atoms with Gasteiger partial charge in [-0.3, -0.25) is 25.2 Å². The monoisotopic (exact) mass is 331 g/mol. The van der Waals surface area contributed by atoms with Crippen LogP contribution in [0.2, 0.25) is 0 Å². The number of amides is 3. The van der Waals surface area contributed by atoms with E-state index >= 15 is 0 Å². The van der Waals surface area contributed by atoms with E-state index in [9.17, 15) is 14.4 Å². The Morgan fingerprint density at radius 2 is 2.08 bits per heavy atom. The third-order valence-corrected chi connectivity index (χ3v) is 4.44. The van der Waals surface area contributed by atoms with E-state index < -0.39 is 0 Å². The van der Waals surface area contributed by atoms with Crippen LogP contribution in [0.3, 0.4) is 0 Å². The number of hydrazine groups is 1. The number of benzene rings is 1. The zero-order chi connectivity index (χ0) is 17.1. The van der Waals surface area contributed by atoms with Gasteiger partial charge in [0, 0.05) is 31.3 Å². The molecule has 0 aromatic heterocycles. The van der Waals surface area contributed by atoms with Gasteiger partial charge in [-0.05, 0) is 43.0 Å². The Labute approximate surface area is 140 Å². The minimum Gasteiger partial charge on any atom is -0.381 e. The molecule has 0 saturated carbocycles. The van der Waals surface area contributed by atoms with Gasteiger partial charge in [0.15, 0.2) is 0 Å². The summed E-state index contributed by atoms with van der Waals surface area (Å²) in [6.07, 6.45) is 2.36. The van der Waals surface area contributed by atoms with E-state index in [1.165, 1.54) is 6.92 Å². The Hall–Kier alpha value is -2.41. The van der Waals surface area contributed by atoms with E-state index in [1.807, 2.05) is 0 Å². The molecule has 3 rings (SSSR count). The van der Waals surface area contributed by atoms with Crippen molar-refractivity contribution >= 4 is 23.4 Å². The number of nitrogens with one attached hydrogen (secondary N) is 2. The molecule has 2 aliphatic heterocycles. The molecular formula is C17H21N3O4. The van der Waals surface area contributed by atoms with Gasteiger partial charge in [0.1, 0.15) is 0 Å². The third kappa shape index (κ3) is 3.41. The van der Waals surface area contributed by atoms with Crippen LogP contribution >= 0.6 is 0 Å². The van der Waals surface area contributed by atoms with Gasteiger partial charge in [-0.1, -0.05) is 0 Å². The first-order chi connectivity index (χ1) is 11.6. The topological polar surface area (TPSA) is 87.7 Å². The van der Waals surface area contributed by atoms with Gasteiger partial charge in [-0.15, -0.1) is 0 Å². The molecule has 0 radical (unpaired) electrons. The molecule has 2 aliphatic rings. The van der Waals surface area contributed by atoms with Crippen LogP contribution in [-0.4, -0.2) is 37.5 Å². The second-order valence-electron chi connectivity index (χ2n) is 6.12. The number of hydrogen-bond donors (Lipinski definition) is 2. The summed E-state index contributed by atoms with van der Waals surface area (Å²) in [7, 11) is 0. The molecule has 2 N–H and O–H groups in total. The first-order valence-corrected chi connectivity index (χ1v) is 8.15. The van der Waals surface area contributed by atoms with Crippen LogP contribution < -0.4 is 15.8 Å². The fourth-order valence-electron chi connectivity index (χ4n) is 3.10. The number of carbonyl (C=O) groups is 3. The maximum atomic E-state index is 12.2. The molecule has 1 aromatic rings. The lowest BCUT2D eigenvalue weighted by molar-refractivity contribution is -0.125. The number of rotatable bonds is 2. The smallest absolute Gasteiger partial charge is 0.269 e. The highest BCUT2D eigenvalue weighted by molar-refractivity contribution is 5.98. The second-order valence-corrected chi connectivity index (χ2v) is 6.12. The van der Waals surface area contributed by atoms with E-state index in [2.05, 4.69) is 10.9 Å². The minimum absolute atomic E-state index is 0.000743. The lowest BCUT2D eigenvalue weighted by Crippen LogP contribution is -2.44. The molecule has 3 amide bonds. The maximum absolute atomic E-state index is 12.2. The van der Waals surface area contributed by atoms with Gasteiger partial charge < -0.3 is 9.64 Å². The highest BCUT2D eigenvalue weighted by atomic mass is 16.5. The van der Waals surface area contributed by atoms with E-state index in [0.29, 0.717) is 31.7 Å². The van der Waals surface area contributed by atoms with Gasteiger partial charge in [0.05, 0.1) is 12.5 Å².